The third-order valence-electron chi connectivity index (χ3n) is 7.28. The Morgan fingerprint density at radius 2 is 1.39 bits per heavy atom. The van der Waals surface area contributed by atoms with E-state index in [0.717, 1.165) is 16.9 Å². The molecule has 0 aliphatic rings. The average molecular weight is 477 g/mol. The molecule has 0 bridgehead atoms. The molecule has 8 aromatic rings. The molecule has 3 heteroatoms. The van der Waals surface area contributed by atoms with Gasteiger partial charge in [-0.05, 0) is 63.3 Å². The second-order valence-corrected chi connectivity index (χ2v) is 10.1. The Labute approximate surface area is 211 Å². The highest BCUT2D eigenvalue weighted by Crippen LogP contribution is 2.45. The maximum Gasteiger partial charge on any atom is 0.0702 e. The molecule has 0 aliphatic heterocycles. The fraction of sp³-hybridized carbons (Fsp3) is 0. The van der Waals surface area contributed by atoms with E-state index >= 15 is 0 Å². The fourth-order valence-electron chi connectivity index (χ4n) is 5.78. The standard InChI is InChI=1S/C33H20N2S/c1-3-12-26-24(10-1)25-11-2-4-13-27(25)32-30(26)31-29(16-15-21-17-19-36-33(21)31)35(32)23-9-7-8-22(20-23)28-14-5-6-18-34-28/h1-20H. The number of benzene rings is 5. The summed E-state index contributed by atoms with van der Waals surface area (Å²) in [6, 6.07) is 39.3. The van der Waals surface area contributed by atoms with Crippen molar-refractivity contribution < 1.29 is 0 Å². The zero-order chi connectivity index (χ0) is 23.6. The quantitative estimate of drug-likeness (QED) is 0.227. The maximum absolute atomic E-state index is 4.61. The van der Waals surface area contributed by atoms with E-state index in [0.29, 0.717) is 0 Å². The van der Waals surface area contributed by atoms with Gasteiger partial charge in [0.1, 0.15) is 0 Å². The van der Waals surface area contributed by atoms with Gasteiger partial charge in [0.2, 0.25) is 0 Å². The SMILES string of the molecule is c1ccc(-c2cccc(-n3c4ccc5ccsc5c4c4c5ccccc5c5ccccc5c43)c2)nc1. The first kappa shape index (κ1) is 19.8. The molecule has 2 nitrogen and oxygen atoms in total. The summed E-state index contributed by atoms with van der Waals surface area (Å²) in [7, 11) is 0. The lowest BCUT2D eigenvalue weighted by Gasteiger charge is -2.13. The third kappa shape index (κ3) is 2.69. The molecule has 3 heterocycles. The van der Waals surface area contributed by atoms with Crippen molar-refractivity contribution in [2.45, 2.75) is 0 Å². The van der Waals surface area contributed by atoms with Crippen molar-refractivity contribution in [1.82, 2.24) is 9.55 Å². The summed E-state index contributed by atoms with van der Waals surface area (Å²) in [6.07, 6.45) is 1.86. The van der Waals surface area contributed by atoms with E-state index in [2.05, 4.69) is 112 Å². The second kappa shape index (κ2) is 7.51. The van der Waals surface area contributed by atoms with Gasteiger partial charge in [-0.3, -0.25) is 4.98 Å². The van der Waals surface area contributed by atoms with Crippen molar-refractivity contribution in [1.29, 1.82) is 0 Å². The Morgan fingerprint density at radius 1 is 0.611 bits per heavy atom. The van der Waals surface area contributed by atoms with Crippen LogP contribution in [0.5, 0.6) is 0 Å². The Bertz CT molecular complexity index is 2100. The lowest BCUT2D eigenvalue weighted by atomic mass is 9.96. The van der Waals surface area contributed by atoms with E-state index in [4.69, 9.17) is 0 Å². The van der Waals surface area contributed by atoms with E-state index in [-0.39, 0.29) is 0 Å². The largest absolute Gasteiger partial charge is 0.309 e. The first-order chi connectivity index (χ1) is 17.9. The zero-order valence-corrected chi connectivity index (χ0v) is 20.2. The van der Waals surface area contributed by atoms with E-state index in [1.54, 1.807) is 0 Å². The molecular formula is C33H20N2S. The molecule has 0 fully saturated rings. The summed E-state index contributed by atoms with van der Waals surface area (Å²) in [4.78, 5) is 4.61. The Kier molecular flexibility index (Phi) is 4.13. The number of nitrogens with zero attached hydrogens (tertiary/aromatic N) is 2. The topological polar surface area (TPSA) is 17.8 Å². The van der Waals surface area contributed by atoms with Crippen LogP contribution in [0.1, 0.15) is 0 Å². The molecule has 8 rings (SSSR count). The number of hydrogen-bond acceptors (Lipinski definition) is 2. The summed E-state index contributed by atoms with van der Waals surface area (Å²) in [6.45, 7) is 0. The summed E-state index contributed by atoms with van der Waals surface area (Å²) in [5.74, 6) is 0. The Hall–Kier alpha value is -4.47. The van der Waals surface area contributed by atoms with Crippen LogP contribution in [0, 0.1) is 0 Å². The van der Waals surface area contributed by atoms with E-state index in [1.165, 1.54) is 53.4 Å². The monoisotopic (exact) mass is 476 g/mol. The molecule has 0 aliphatic carbocycles. The minimum absolute atomic E-state index is 0.982. The molecule has 0 saturated carbocycles. The average Bonchev–Trinajstić information content (AvgIpc) is 3.57. The van der Waals surface area contributed by atoms with E-state index < -0.39 is 0 Å². The molecule has 36 heavy (non-hydrogen) atoms. The normalized spacial score (nSPS) is 11.9. The summed E-state index contributed by atoms with van der Waals surface area (Å²) < 4.78 is 3.81. The molecule has 0 amide bonds. The number of aromatic nitrogens is 2. The van der Waals surface area contributed by atoms with Crippen molar-refractivity contribution in [3.63, 3.8) is 0 Å². The van der Waals surface area contributed by atoms with Crippen LogP contribution in [0.4, 0.5) is 0 Å². The van der Waals surface area contributed by atoms with Gasteiger partial charge in [0.05, 0.1) is 16.7 Å². The summed E-state index contributed by atoms with van der Waals surface area (Å²) >= 11 is 1.83. The zero-order valence-electron chi connectivity index (χ0n) is 19.3. The van der Waals surface area contributed by atoms with Gasteiger partial charge in [0.25, 0.3) is 0 Å². The van der Waals surface area contributed by atoms with Gasteiger partial charge < -0.3 is 4.57 Å². The Balaban J connectivity index is 1.63. The van der Waals surface area contributed by atoms with Gasteiger partial charge in [-0.1, -0.05) is 72.8 Å². The minimum atomic E-state index is 0.982. The van der Waals surface area contributed by atoms with E-state index in [9.17, 15) is 0 Å². The third-order valence-corrected chi connectivity index (χ3v) is 8.23. The molecular weight excluding hydrogens is 456 g/mol. The number of pyridine rings is 1. The summed E-state index contributed by atoms with van der Waals surface area (Å²) in [5.41, 5.74) is 5.74. The van der Waals surface area contributed by atoms with Crippen LogP contribution in [0.3, 0.4) is 0 Å². The lowest BCUT2D eigenvalue weighted by Crippen LogP contribution is -1.95. The van der Waals surface area contributed by atoms with Gasteiger partial charge in [-0.2, -0.15) is 0 Å². The number of hydrogen-bond donors (Lipinski definition) is 0. The van der Waals surface area contributed by atoms with Gasteiger partial charge >= 0.3 is 0 Å². The smallest absolute Gasteiger partial charge is 0.0702 e. The minimum Gasteiger partial charge on any atom is -0.309 e. The summed E-state index contributed by atoms with van der Waals surface area (Å²) in [5, 5.41) is 11.3. The second-order valence-electron chi connectivity index (χ2n) is 9.21. The van der Waals surface area contributed by atoms with Crippen LogP contribution in [0.15, 0.2) is 121 Å². The highest BCUT2D eigenvalue weighted by Gasteiger charge is 2.21. The highest BCUT2D eigenvalue weighted by molar-refractivity contribution is 7.18. The van der Waals surface area contributed by atoms with Crippen LogP contribution in [0.2, 0.25) is 0 Å². The van der Waals surface area contributed by atoms with Crippen LogP contribution in [-0.2, 0) is 0 Å². The first-order valence-corrected chi connectivity index (χ1v) is 13.0. The van der Waals surface area contributed by atoms with Crippen LogP contribution >= 0.6 is 11.3 Å². The lowest BCUT2D eigenvalue weighted by molar-refractivity contribution is 1.18. The molecule has 0 atom stereocenters. The molecule has 0 spiro atoms. The molecule has 0 saturated heterocycles. The van der Waals surface area contributed by atoms with Crippen molar-refractivity contribution in [3.05, 3.63) is 121 Å². The predicted octanol–water partition coefficient (Wildman–Crippen LogP) is 9.37. The van der Waals surface area contributed by atoms with Gasteiger partial charge in [0.15, 0.2) is 0 Å². The number of fused-ring (bicyclic) bond motifs is 10. The predicted molar refractivity (Wildman–Crippen MR) is 154 cm³/mol. The highest BCUT2D eigenvalue weighted by atomic mass is 32.1. The molecule has 0 N–H and O–H groups in total. The molecule has 3 aromatic heterocycles. The maximum atomic E-state index is 4.61. The van der Waals surface area contributed by atoms with Crippen molar-refractivity contribution in [3.8, 4) is 16.9 Å². The fourth-order valence-corrected chi connectivity index (χ4v) is 6.73. The van der Waals surface area contributed by atoms with Crippen molar-refractivity contribution in [2.24, 2.45) is 0 Å². The van der Waals surface area contributed by atoms with Crippen LogP contribution in [-0.4, -0.2) is 9.55 Å². The number of thiophene rings is 1. The molecule has 168 valence electrons. The van der Waals surface area contributed by atoms with Crippen LogP contribution < -0.4 is 0 Å². The van der Waals surface area contributed by atoms with Crippen molar-refractivity contribution in [2.75, 3.05) is 0 Å². The van der Waals surface area contributed by atoms with Crippen molar-refractivity contribution >= 4 is 64.8 Å². The van der Waals surface area contributed by atoms with Gasteiger partial charge in [0, 0.05) is 38.3 Å². The van der Waals surface area contributed by atoms with Crippen LogP contribution in [0.25, 0.3) is 70.4 Å². The van der Waals surface area contributed by atoms with Gasteiger partial charge in [-0.25, -0.2) is 0 Å². The first-order valence-electron chi connectivity index (χ1n) is 12.1. The molecule has 0 unspecified atom stereocenters. The molecule has 0 radical (unpaired) electrons. The van der Waals surface area contributed by atoms with E-state index in [1.807, 2.05) is 29.7 Å². The molecule has 5 aromatic carbocycles. The Morgan fingerprint density at radius 3 is 2.22 bits per heavy atom. The van der Waals surface area contributed by atoms with Gasteiger partial charge in [-0.15, -0.1) is 11.3 Å². The number of rotatable bonds is 2.